The largest absolute Gasteiger partial charge is 0.510 e. The van der Waals surface area contributed by atoms with Gasteiger partial charge in [-0.05, 0) is 68.1 Å². The summed E-state index contributed by atoms with van der Waals surface area (Å²) in [5, 5.41) is 1.99. The maximum Gasteiger partial charge on any atom is 0.268 e. The van der Waals surface area contributed by atoms with E-state index in [1.165, 1.54) is 0 Å². The van der Waals surface area contributed by atoms with Crippen molar-refractivity contribution in [3.8, 4) is 62.1 Å². The fraction of sp³-hybridized carbons (Fsp3) is 0.0571. The van der Waals surface area contributed by atoms with Gasteiger partial charge in [0.1, 0.15) is 5.82 Å². The molecule has 0 bridgehead atoms. The molecule has 0 fully saturated rings. The Bertz CT molecular complexity index is 4690. The van der Waals surface area contributed by atoms with Gasteiger partial charge in [0.05, 0.1) is 30.4 Å². The summed E-state index contributed by atoms with van der Waals surface area (Å²) in [5.41, 5.74) is 9.18. The summed E-state index contributed by atoms with van der Waals surface area (Å²) in [6.45, 7) is 6.33. The summed E-state index contributed by atoms with van der Waals surface area (Å²) in [6.07, 6.45) is 5.40. The van der Waals surface area contributed by atoms with Gasteiger partial charge < -0.3 is 13.9 Å². The molecule has 7 heteroatoms. The van der Waals surface area contributed by atoms with Crippen LogP contribution in [-0.2, 0) is 26.5 Å². The average Bonchev–Trinajstić information content (AvgIpc) is 2.27. The summed E-state index contributed by atoms with van der Waals surface area (Å²) in [6, 6.07) is 63.3. The van der Waals surface area contributed by atoms with Crippen LogP contribution in [0.4, 0.5) is 0 Å². The van der Waals surface area contributed by atoms with E-state index in [9.17, 15) is 5.48 Å². The van der Waals surface area contributed by atoms with Crippen LogP contribution in [0.3, 0.4) is 0 Å². The molecule has 0 atom stereocenters. The third-order valence-electron chi connectivity index (χ3n) is 13.9. The Balaban J connectivity index is 0.00000739. The van der Waals surface area contributed by atoms with Crippen molar-refractivity contribution >= 4 is 55.9 Å². The Hall–Kier alpha value is -8.83. The number of pyridine rings is 1. The van der Waals surface area contributed by atoms with Gasteiger partial charge in [0.2, 0.25) is 6.71 Å². The molecule has 0 amide bonds. The first-order valence-corrected chi connectivity index (χ1v) is 25.1. The molecule has 0 saturated carbocycles. The number of para-hydroxylation sites is 4. The smallest absolute Gasteiger partial charge is 0.268 e. The first kappa shape index (κ1) is 38.7. The van der Waals surface area contributed by atoms with Crippen molar-refractivity contribution < 1.29 is 44.1 Å². The molecule has 0 spiro atoms. The standard InChI is InChI=1S/C70H51BN4O.Pt/c1-70(2,3)52-41-42-72-68(45-52)75-64-36-19-17-32-61(64)62-40-39-56(47-67(62)75)76-57-44-51(58-31-16-18-35-63(58)71(53-27-12-6-13-28-53)54-29-14-7-15-30-54)43-55(46-57)73-48-74(66-38-21-20-37-65(66)73)69-59(49-23-8-4-9-24-49)33-22-34-60(69)50-25-10-5-11-26-50;/h4-45H,1-3H3;/q-2;/i4D,5D,8D,9D,10D,11D,23D,24D,25D,26D;. The molecule has 0 saturated heterocycles. The van der Waals surface area contributed by atoms with Crippen LogP contribution in [0.25, 0.3) is 83.4 Å². The van der Waals surface area contributed by atoms with Crippen LogP contribution in [0.2, 0.25) is 0 Å². The van der Waals surface area contributed by atoms with Crippen LogP contribution in [0.15, 0.2) is 255 Å². The molecule has 13 rings (SSSR count). The summed E-state index contributed by atoms with van der Waals surface area (Å²) >= 11 is 0. The van der Waals surface area contributed by atoms with Gasteiger partial charge in [0.25, 0.3) is 6.33 Å². The van der Waals surface area contributed by atoms with Gasteiger partial charge in [0.15, 0.2) is 0 Å². The third kappa shape index (κ3) is 9.30. The monoisotopic (exact) mass is 1180 g/mol. The van der Waals surface area contributed by atoms with Gasteiger partial charge in [-0.25, -0.2) is 4.98 Å². The molecule has 0 aliphatic rings. The fourth-order valence-electron chi connectivity index (χ4n) is 10.4. The Morgan fingerprint density at radius 2 is 1.16 bits per heavy atom. The molecular weight excluding hydrogens is 1120 g/mol. The van der Waals surface area contributed by atoms with Crippen molar-refractivity contribution in [2.75, 3.05) is 0 Å². The van der Waals surface area contributed by atoms with Gasteiger partial charge in [-0.3, -0.25) is 4.57 Å². The van der Waals surface area contributed by atoms with E-state index in [4.69, 9.17) is 17.9 Å². The minimum absolute atomic E-state index is 0. The van der Waals surface area contributed by atoms with Crippen molar-refractivity contribution in [3.63, 3.8) is 0 Å². The van der Waals surface area contributed by atoms with Crippen LogP contribution in [-0.4, -0.2) is 20.8 Å². The zero-order chi connectivity index (χ0) is 59.9. The van der Waals surface area contributed by atoms with E-state index in [0.717, 1.165) is 60.7 Å². The van der Waals surface area contributed by atoms with Crippen molar-refractivity contribution in [1.82, 2.24) is 14.1 Å². The number of nitrogens with zero attached hydrogens (tertiary/aromatic N) is 4. The topological polar surface area (TPSA) is 35.9 Å². The van der Waals surface area contributed by atoms with Gasteiger partial charge in [-0.1, -0.05) is 249 Å². The predicted octanol–water partition coefficient (Wildman–Crippen LogP) is 14.4. The SMILES string of the molecule is [2H]c1c([2H])c([2H])c(-c2cccc(-c3c([2H])c([2H])c([2H])c([2H])c3[2H])c2-[n+]2[c-]n(-c3[c-]c(Oc4[c-]c5c(cc4)c4ccccc4n5-c4cc(C(C)(C)C)ccn4)cc(-c4ccccc4B(c4ccccc4)c4ccccc4)c3)c3ccccc32)c([2H])c1[2H].[Pt]. The summed E-state index contributed by atoms with van der Waals surface area (Å²) < 4.78 is 102. The molecule has 13 aromatic rings. The molecule has 5 nitrogen and oxygen atoms in total. The number of rotatable bonds is 11. The van der Waals surface area contributed by atoms with Crippen molar-refractivity contribution in [3.05, 3.63) is 279 Å². The average molecular weight is 1180 g/mol. The molecule has 10 aromatic carbocycles. The second kappa shape index (κ2) is 20.7. The molecule has 3 aromatic heterocycles. The molecule has 77 heavy (non-hydrogen) atoms. The minimum Gasteiger partial charge on any atom is -0.510 e. The second-order valence-corrected chi connectivity index (χ2v) is 19.6. The van der Waals surface area contributed by atoms with Gasteiger partial charge in [0, 0.05) is 44.3 Å². The van der Waals surface area contributed by atoms with Crippen molar-refractivity contribution in [2.45, 2.75) is 26.2 Å². The van der Waals surface area contributed by atoms with Crippen LogP contribution < -0.4 is 25.7 Å². The van der Waals surface area contributed by atoms with E-state index >= 15 is 0 Å². The quantitative estimate of drug-likeness (QED) is 0.0735. The predicted molar refractivity (Wildman–Crippen MR) is 313 cm³/mol. The summed E-state index contributed by atoms with van der Waals surface area (Å²) in [7, 11) is 0. The van der Waals surface area contributed by atoms with Crippen LogP contribution in [0.5, 0.6) is 11.5 Å². The van der Waals surface area contributed by atoms with Gasteiger partial charge in [-0.15, -0.1) is 35.2 Å². The number of hydrogen-bond donors (Lipinski definition) is 0. The van der Waals surface area contributed by atoms with E-state index in [0.29, 0.717) is 28.2 Å². The van der Waals surface area contributed by atoms with E-state index in [1.54, 1.807) is 27.3 Å². The molecule has 0 aliphatic heterocycles. The van der Waals surface area contributed by atoms with Crippen molar-refractivity contribution in [2.24, 2.45) is 0 Å². The molecule has 3 heterocycles. The Labute approximate surface area is 478 Å². The minimum atomic E-state index is -0.584. The number of hydrogen-bond acceptors (Lipinski definition) is 2. The van der Waals surface area contributed by atoms with Crippen LogP contribution in [0, 0.1) is 18.5 Å². The van der Waals surface area contributed by atoms with E-state index < -0.39 is 60.4 Å². The summed E-state index contributed by atoms with van der Waals surface area (Å²) in [4.78, 5) is 4.90. The van der Waals surface area contributed by atoms with E-state index in [-0.39, 0.29) is 61.1 Å². The maximum atomic E-state index is 9.25. The first-order chi connectivity index (χ1) is 41.5. The summed E-state index contributed by atoms with van der Waals surface area (Å²) in [5.74, 6) is 1.47. The van der Waals surface area contributed by atoms with Gasteiger partial charge >= 0.3 is 0 Å². The molecular formula is C70H51BN4OPt-2. The number of imidazole rings is 1. The van der Waals surface area contributed by atoms with Crippen LogP contribution >= 0.6 is 0 Å². The number of aromatic nitrogens is 4. The Morgan fingerprint density at radius 3 is 1.84 bits per heavy atom. The second-order valence-electron chi connectivity index (χ2n) is 19.6. The number of ether oxygens (including phenoxy) is 1. The number of benzene rings is 10. The fourth-order valence-corrected chi connectivity index (χ4v) is 10.4. The number of fused-ring (bicyclic) bond motifs is 4. The normalized spacial score (nSPS) is 13.3. The molecule has 0 aliphatic carbocycles. The first-order valence-electron chi connectivity index (χ1n) is 30.1. The third-order valence-corrected chi connectivity index (χ3v) is 13.9. The van der Waals surface area contributed by atoms with E-state index in [2.05, 4.69) is 98.4 Å². The molecule has 0 unspecified atom stereocenters. The molecule has 372 valence electrons. The van der Waals surface area contributed by atoms with Crippen LogP contribution in [0.1, 0.15) is 40.0 Å². The molecule has 0 radical (unpaired) electrons. The molecule has 0 N–H and O–H groups in total. The zero-order valence-electron chi connectivity index (χ0n) is 52.1. The van der Waals surface area contributed by atoms with E-state index in [1.807, 2.05) is 121 Å². The maximum absolute atomic E-state index is 9.25. The zero-order valence-corrected chi connectivity index (χ0v) is 44.3. The Morgan fingerprint density at radius 1 is 0.545 bits per heavy atom. The van der Waals surface area contributed by atoms with Gasteiger partial charge in [-0.2, -0.15) is 12.1 Å². The Kier molecular flexibility index (Phi) is 10.4. The van der Waals surface area contributed by atoms with Crippen molar-refractivity contribution in [1.29, 1.82) is 0 Å².